The number of aliphatic hydroxyl groups excluding tert-OH is 1. The van der Waals surface area contributed by atoms with E-state index in [0.717, 1.165) is 23.1 Å². The van der Waals surface area contributed by atoms with Gasteiger partial charge in [0.1, 0.15) is 22.4 Å². The molecule has 5 nitrogen and oxygen atoms in total. The van der Waals surface area contributed by atoms with Crippen molar-refractivity contribution in [3.63, 3.8) is 0 Å². The maximum Gasteiger partial charge on any atom is 0.148 e. The molecule has 0 saturated heterocycles. The van der Waals surface area contributed by atoms with Gasteiger partial charge in [-0.1, -0.05) is 12.8 Å². The quantitative estimate of drug-likeness (QED) is 0.883. The molecule has 6 heteroatoms. The molecule has 17 heavy (non-hydrogen) atoms. The van der Waals surface area contributed by atoms with E-state index >= 15 is 0 Å². The van der Waals surface area contributed by atoms with Gasteiger partial charge in [0.05, 0.1) is 6.61 Å². The number of hydrogen-bond acceptors (Lipinski definition) is 5. The first-order valence-electron chi connectivity index (χ1n) is 5.87. The molecule has 1 aliphatic carbocycles. The average molecular weight is 301 g/mol. The predicted octanol–water partition coefficient (Wildman–Crippen LogP) is 1.56. The Kier molecular flexibility index (Phi) is 4.17. The monoisotopic (exact) mass is 300 g/mol. The molecule has 0 bridgehead atoms. The van der Waals surface area contributed by atoms with Crippen LogP contribution in [0.25, 0.3) is 0 Å². The fourth-order valence-electron chi connectivity index (χ4n) is 2.36. The van der Waals surface area contributed by atoms with Gasteiger partial charge in [0.2, 0.25) is 0 Å². The van der Waals surface area contributed by atoms with Gasteiger partial charge in [-0.2, -0.15) is 0 Å². The summed E-state index contributed by atoms with van der Waals surface area (Å²) >= 11 is 3.42. The highest BCUT2D eigenvalue weighted by Crippen LogP contribution is 2.33. The van der Waals surface area contributed by atoms with E-state index in [-0.39, 0.29) is 6.61 Å². The number of nitrogens with zero attached hydrogens (tertiary/aromatic N) is 3. The fourth-order valence-corrected chi connectivity index (χ4v) is 2.79. The number of hydrogen-bond donors (Lipinski definition) is 2. The minimum atomic E-state index is 0.118. The Labute approximate surface area is 109 Å². The van der Waals surface area contributed by atoms with E-state index in [4.69, 9.17) is 5.73 Å². The average Bonchev–Trinajstić information content (AvgIpc) is 2.84. The Morgan fingerprint density at radius 1 is 1.41 bits per heavy atom. The molecule has 0 amide bonds. The highest BCUT2D eigenvalue weighted by atomic mass is 79.9. The van der Waals surface area contributed by atoms with Crippen LogP contribution in [-0.4, -0.2) is 34.3 Å². The van der Waals surface area contributed by atoms with E-state index in [0.29, 0.717) is 18.4 Å². The van der Waals surface area contributed by atoms with Crippen LogP contribution in [0.2, 0.25) is 0 Å². The number of anilines is 2. The molecule has 0 aromatic carbocycles. The summed E-state index contributed by atoms with van der Waals surface area (Å²) in [6.07, 6.45) is 6.25. The third kappa shape index (κ3) is 2.69. The molecule has 1 aromatic heterocycles. The fraction of sp³-hybridized carbons (Fsp3) is 0.636. The molecule has 0 atom stereocenters. The van der Waals surface area contributed by atoms with Gasteiger partial charge in [-0.05, 0) is 28.8 Å². The molecule has 0 aliphatic heterocycles. The van der Waals surface area contributed by atoms with Crippen LogP contribution in [0, 0.1) is 0 Å². The normalized spacial score (nSPS) is 16.4. The molecule has 1 heterocycles. The zero-order valence-corrected chi connectivity index (χ0v) is 11.2. The summed E-state index contributed by atoms with van der Waals surface area (Å²) in [6, 6.07) is 0.452. The minimum Gasteiger partial charge on any atom is -0.395 e. The summed E-state index contributed by atoms with van der Waals surface area (Å²) < 4.78 is 0.723. The molecular formula is C11H17BrN4O. The number of aliphatic hydroxyl groups is 1. The Balaban J connectivity index is 2.27. The number of halogens is 1. The lowest BCUT2D eigenvalue weighted by atomic mass is 10.2. The van der Waals surface area contributed by atoms with Gasteiger partial charge in [-0.15, -0.1) is 0 Å². The van der Waals surface area contributed by atoms with Crippen LogP contribution in [0.4, 0.5) is 11.6 Å². The molecule has 1 fully saturated rings. The Bertz CT molecular complexity index is 382. The Morgan fingerprint density at radius 2 is 2.12 bits per heavy atom. The minimum absolute atomic E-state index is 0.118. The molecule has 1 saturated carbocycles. The summed E-state index contributed by atoms with van der Waals surface area (Å²) in [4.78, 5) is 10.4. The molecule has 0 spiro atoms. The first kappa shape index (κ1) is 12.6. The van der Waals surface area contributed by atoms with Crippen molar-refractivity contribution >= 4 is 27.6 Å². The van der Waals surface area contributed by atoms with Gasteiger partial charge in [-0.3, -0.25) is 0 Å². The van der Waals surface area contributed by atoms with Crippen molar-refractivity contribution in [3.8, 4) is 0 Å². The van der Waals surface area contributed by atoms with Crippen LogP contribution in [0.3, 0.4) is 0 Å². The lowest BCUT2D eigenvalue weighted by Gasteiger charge is -2.30. The number of rotatable bonds is 4. The van der Waals surface area contributed by atoms with E-state index in [2.05, 4.69) is 30.8 Å². The van der Waals surface area contributed by atoms with Crippen molar-refractivity contribution in [1.82, 2.24) is 9.97 Å². The second kappa shape index (κ2) is 5.64. The summed E-state index contributed by atoms with van der Waals surface area (Å²) in [6.45, 7) is 0.701. The van der Waals surface area contributed by atoms with Crippen LogP contribution in [0.1, 0.15) is 25.7 Å². The lowest BCUT2D eigenvalue weighted by molar-refractivity contribution is 0.296. The Morgan fingerprint density at radius 3 is 2.76 bits per heavy atom. The maximum absolute atomic E-state index is 9.19. The van der Waals surface area contributed by atoms with Crippen molar-refractivity contribution < 1.29 is 5.11 Å². The number of nitrogens with two attached hydrogens (primary N) is 1. The van der Waals surface area contributed by atoms with Gasteiger partial charge in [0.15, 0.2) is 0 Å². The molecule has 94 valence electrons. The van der Waals surface area contributed by atoms with Gasteiger partial charge >= 0.3 is 0 Å². The van der Waals surface area contributed by atoms with Crippen LogP contribution in [0.5, 0.6) is 0 Å². The highest BCUT2D eigenvalue weighted by molar-refractivity contribution is 9.10. The third-order valence-electron chi connectivity index (χ3n) is 3.18. The molecule has 0 radical (unpaired) electrons. The molecule has 1 aromatic rings. The van der Waals surface area contributed by atoms with Crippen molar-refractivity contribution in [2.24, 2.45) is 0 Å². The first-order chi connectivity index (χ1) is 8.24. The molecule has 3 N–H and O–H groups in total. The largest absolute Gasteiger partial charge is 0.395 e. The molecule has 0 unspecified atom stereocenters. The summed E-state index contributed by atoms with van der Waals surface area (Å²) in [5.74, 6) is 1.23. The highest BCUT2D eigenvalue weighted by Gasteiger charge is 2.25. The van der Waals surface area contributed by atoms with E-state index in [1.54, 1.807) is 0 Å². The lowest BCUT2D eigenvalue weighted by Crippen LogP contribution is -2.36. The third-order valence-corrected chi connectivity index (χ3v) is 3.94. The van der Waals surface area contributed by atoms with Crippen LogP contribution >= 0.6 is 15.9 Å². The molecule has 1 aliphatic rings. The SMILES string of the molecule is Nc1ncnc(N(CCO)C2CCCC2)c1Br. The number of aromatic nitrogens is 2. The van der Waals surface area contributed by atoms with E-state index in [9.17, 15) is 5.11 Å². The maximum atomic E-state index is 9.19. The van der Waals surface area contributed by atoms with Gasteiger partial charge in [0.25, 0.3) is 0 Å². The summed E-state index contributed by atoms with van der Waals surface area (Å²) in [5.41, 5.74) is 5.77. The molecule has 2 rings (SSSR count). The van der Waals surface area contributed by atoms with Gasteiger partial charge < -0.3 is 15.7 Å². The second-order valence-corrected chi connectivity index (χ2v) is 5.04. The van der Waals surface area contributed by atoms with Gasteiger partial charge in [-0.25, -0.2) is 9.97 Å². The van der Waals surface area contributed by atoms with Crippen molar-refractivity contribution in [2.45, 2.75) is 31.7 Å². The standard InChI is InChI=1S/C11H17BrN4O/c12-9-10(13)14-7-15-11(9)16(5-6-17)8-3-1-2-4-8/h7-8,17H,1-6H2,(H2,13,14,15). The molecular weight excluding hydrogens is 284 g/mol. The van der Waals surface area contributed by atoms with Crippen LogP contribution < -0.4 is 10.6 Å². The Hall–Kier alpha value is -0.880. The zero-order chi connectivity index (χ0) is 12.3. The topological polar surface area (TPSA) is 75.3 Å². The second-order valence-electron chi connectivity index (χ2n) is 4.25. The van der Waals surface area contributed by atoms with Crippen LogP contribution in [-0.2, 0) is 0 Å². The van der Waals surface area contributed by atoms with Crippen LogP contribution in [0.15, 0.2) is 10.8 Å². The van der Waals surface area contributed by atoms with Gasteiger partial charge in [0, 0.05) is 12.6 Å². The van der Waals surface area contributed by atoms with Crippen molar-refractivity contribution in [3.05, 3.63) is 10.8 Å². The predicted molar refractivity (Wildman–Crippen MR) is 70.8 cm³/mol. The summed E-state index contributed by atoms with van der Waals surface area (Å²) in [7, 11) is 0. The number of nitrogen functional groups attached to an aromatic ring is 1. The van der Waals surface area contributed by atoms with E-state index in [1.807, 2.05) is 0 Å². The van der Waals surface area contributed by atoms with Crippen molar-refractivity contribution in [1.29, 1.82) is 0 Å². The van der Waals surface area contributed by atoms with Crippen molar-refractivity contribution in [2.75, 3.05) is 23.8 Å². The van der Waals surface area contributed by atoms with E-state index in [1.165, 1.54) is 19.2 Å². The first-order valence-corrected chi connectivity index (χ1v) is 6.67. The smallest absolute Gasteiger partial charge is 0.148 e. The zero-order valence-electron chi connectivity index (χ0n) is 9.64. The summed E-state index contributed by atoms with van der Waals surface area (Å²) in [5, 5.41) is 9.19. The van der Waals surface area contributed by atoms with E-state index < -0.39 is 0 Å².